The van der Waals surface area contributed by atoms with Crippen LogP contribution in [-0.4, -0.2) is 13.9 Å². The van der Waals surface area contributed by atoms with Crippen molar-refractivity contribution in [1.82, 2.24) is 0 Å². The van der Waals surface area contributed by atoms with Gasteiger partial charge < -0.3 is 0 Å². The van der Waals surface area contributed by atoms with Crippen molar-refractivity contribution in [2.45, 2.75) is 38.9 Å². The summed E-state index contributed by atoms with van der Waals surface area (Å²) in [7, 11) is -1.29. The quantitative estimate of drug-likeness (QED) is 0.661. The largest absolute Gasteiger partial charge is 0.299 e. The molecule has 0 aliphatic heterocycles. The van der Waals surface area contributed by atoms with Gasteiger partial charge in [-0.25, -0.2) is 0 Å². The van der Waals surface area contributed by atoms with Crippen LogP contribution in [0.5, 0.6) is 0 Å². The molecular weight excluding hydrogens is 200 g/mol. The van der Waals surface area contributed by atoms with Crippen molar-refractivity contribution < 1.29 is 4.79 Å². The Balaban J connectivity index is 2.53. The summed E-state index contributed by atoms with van der Waals surface area (Å²) in [6.45, 7) is 7.05. The highest BCUT2D eigenvalue weighted by Crippen LogP contribution is 2.19. The zero-order valence-corrected chi connectivity index (χ0v) is 10.8. The van der Waals surface area contributed by atoms with Gasteiger partial charge in [-0.2, -0.15) is 0 Å². The molecule has 0 aromatic heterocycles. The Morgan fingerprint density at radius 1 is 1.13 bits per heavy atom. The Morgan fingerprint density at radius 3 is 2.53 bits per heavy atom. The molecule has 0 saturated carbocycles. The van der Waals surface area contributed by atoms with Crippen LogP contribution >= 0.6 is 0 Å². The first-order valence-corrected chi connectivity index (χ1v) is 9.11. The number of Topliss-reactive ketones (excluding diaryl/α,β-unsaturated/α-hetero) is 1. The summed E-state index contributed by atoms with van der Waals surface area (Å²) in [5, 5.41) is 1.48. The van der Waals surface area contributed by atoms with Gasteiger partial charge in [0.1, 0.15) is 5.78 Å². The van der Waals surface area contributed by atoms with Crippen LogP contribution in [0, 0.1) is 0 Å². The number of carbonyl (C=O) groups excluding carboxylic acids is 1. The average molecular weight is 218 g/mol. The number of fused-ring (bicyclic) bond motifs is 1. The molecular formula is C13H18OSi. The van der Waals surface area contributed by atoms with Crippen LogP contribution in [0.3, 0.4) is 0 Å². The molecule has 80 valence electrons. The smallest absolute Gasteiger partial charge is 0.137 e. The van der Waals surface area contributed by atoms with Gasteiger partial charge in [-0.1, -0.05) is 43.0 Å². The Bertz CT molecular complexity index is 401. The lowest BCUT2D eigenvalue weighted by Gasteiger charge is -2.25. The monoisotopic (exact) mass is 218 g/mol. The lowest BCUT2D eigenvalue weighted by atomic mass is 9.91. The number of ketones is 1. The standard InChI is InChI=1S/C13H18OSi/c1-15(2,3)13-6-4-5-10-7-8-11(14)9-12(10)13/h4-6H,7-9H2,1-3H3. The molecule has 0 N–H and O–H groups in total. The van der Waals surface area contributed by atoms with Gasteiger partial charge in [0.2, 0.25) is 0 Å². The maximum absolute atomic E-state index is 11.5. The molecule has 0 spiro atoms. The van der Waals surface area contributed by atoms with E-state index in [0.717, 1.165) is 12.8 Å². The van der Waals surface area contributed by atoms with Crippen molar-refractivity contribution in [3.8, 4) is 0 Å². The number of benzene rings is 1. The normalized spacial score (nSPS) is 16.3. The molecule has 2 rings (SSSR count). The van der Waals surface area contributed by atoms with E-state index in [1.165, 1.54) is 16.3 Å². The fourth-order valence-electron chi connectivity index (χ4n) is 2.34. The van der Waals surface area contributed by atoms with Crippen molar-refractivity contribution in [2.24, 2.45) is 0 Å². The molecule has 0 amide bonds. The number of aryl methyl sites for hydroxylation is 1. The van der Waals surface area contributed by atoms with Gasteiger partial charge >= 0.3 is 0 Å². The van der Waals surface area contributed by atoms with Gasteiger partial charge in [0.15, 0.2) is 0 Å². The maximum Gasteiger partial charge on any atom is 0.137 e. The maximum atomic E-state index is 11.5. The summed E-state index contributed by atoms with van der Waals surface area (Å²) in [4.78, 5) is 11.5. The minimum absolute atomic E-state index is 0.410. The zero-order chi connectivity index (χ0) is 11.1. The Morgan fingerprint density at radius 2 is 1.87 bits per heavy atom. The van der Waals surface area contributed by atoms with Gasteiger partial charge in [0, 0.05) is 12.8 Å². The van der Waals surface area contributed by atoms with Crippen LogP contribution < -0.4 is 5.19 Å². The lowest BCUT2D eigenvalue weighted by molar-refractivity contribution is -0.118. The molecule has 0 heterocycles. The molecule has 0 atom stereocenters. The molecule has 0 fully saturated rings. The van der Waals surface area contributed by atoms with E-state index in [1.807, 2.05) is 0 Å². The lowest BCUT2D eigenvalue weighted by Crippen LogP contribution is -2.42. The van der Waals surface area contributed by atoms with Crippen LogP contribution in [0.2, 0.25) is 19.6 Å². The van der Waals surface area contributed by atoms with E-state index >= 15 is 0 Å². The molecule has 1 aliphatic carbocycles. The summed E-state index contributed by atoms with van der Waals surface area (Å²) in [6, 6.07) is 6.57. The summed E-state index contributed by atoms with van der Waals surface area (Å²) >= 11 is 0. The number of hydrogen-bond acceptors (Lipinski definition) is 1. The first-order valence-electron chi connectivity index (χ1n) is 5.61. The Hall–Kier alpha value is -0.893. The summed E-state index contributed by atoms with van der Waals surface area (Å²) < 4.78 is 0. The van der Waals surface area contributed by atoms with E-state index in [9.17, 15) is 4.79 Å². The van der Waals surface area contributed by atoms with Crippen LogP contribution in [0.15, 0.2) is 18.2 Å². The van der Waals surface area contributed by atoms with Gasteiger partial charge in [0.05, 0.1) is 8.07 Å². The fraction of sp³-hybridized carbons (Fsp3) is 0.462. The first kappa shape index (κ1) is 10.6. The SMILES string of the molecule is C[Si](C)(C)c1cccc2c1CC(=O)CC2. The molecule has 1 aromatic rings. The van der Waals surface area contributed by atoms with E-state index in [-0.39, 0.29) is 0 Å². The second kappa shape index (κ2) is 3.60. The van der Waals surface area contributed by atoms with Crippen LogP contribution in [-0.2, 0) is 17.6 Å². The topological polar surface area (TPSA) is 17.1 Å². The predicted molar refractivity (Wildman–Crippen MR) is 66.5 cm³/mol. The predicted octanol–water partition coefficient (Wildman–Crippen LogP) is 2.29. The second-order valence-corrected chi connectivity index (χ2v) is 10.4. The second-order valence-electron chi connectivity index (χ2n) is 5.41. The Kier molecular flexibility index (Phi) is 2.55. The average Bonchev–Trinajstić information content (AvgIpc) is 2.15. The van der Waals surface area contributed by atoms with Crippen LogP contribution in [0.25, 0.3) is 0 Å². The van der Waals surface area contributed by atoms with Crippen molar-refractivity contribution in [3.63, 3.8) is 0 Å². The number of hydrogen-bond donors (Lipinski definition) is 0. The van der Waals surface area contributed by atoms with Crippen LogP contribution in [0.4, 0.5) is 0 Å². The minimum Gasteiger partial charge on any atom is -0.299 e. The first-order chi connectivity index (χ1) is 6.98. The van der Waals surface area contributed by atoms with E-state index in [0.29, 0.717) is 12.2 Å². The van der Waals surface area contributed by atoms with E-state index in [2.05, 4.69) is 37.8 Å². The zero-order valence-electron chi connectivity index (χ0n) is 9.76. The highest BCUT2D eigenvalue weighted by molar-refractivity contribution is 6.89. The fourth-order valence-corrected chi connectivity index (χ4v) is 4.09. The summed E-state index contributed by atoms with van der Waals surface area (Å²) in [6.07, 6.45) is 2.37. The van der Waals surface area contributed by atoms with Gasteiger partial charge in [-0.15, -0.1) is 0 Å². The van der Waals surface area contributed by atoms with Gasteiger partial charge in [-0.05, 0) is 17.5 Å². The van der Waals surface area contributed by atoms with Gasteiger partial charge in [-0.3, -0.25) is 4.79 Å². The molecule has 0 unspecified atom stereocenters. The van der Waals surface area contributed by atoms with Crippen molar-refractivity contribution >= 4 is 19.0 Å². The molecule has 1 aromatic carbocycles. The molecule has 0 bridgehead atoms. The minimum atomic E-state index is -1.29. The molecule has 2 heteroatoms. The summed E-state index contributed by atoms with van der Waals surface area (Å²) in [5.74, 6) is 0.410. The molecule has 1 aliphatic rings. The van der Waals surface area contributed by atoms with E-state index < -0.39 is 8.07 Å². The van der Waals surface area contributed by atoms with Crippen LogP contribution in [0.1, 0.15) is 17.5 Å². The van der Waals surface area contributed by atoms with E-state index in [4.69, 9.17) is 0 Å². The highest BCUT2D eigenvalue weighted by atomic mass is 28.3. The van der Waals surface area contributed by atoms with Crippen molar-refractivity contribution in [3.05, 3.63) is 29.3 Å². The van der Waals surface area contributed by atoms with Gasteiger partial charge in [0.25, 0.3) is 0 Å². The Labute approximate surface area is 92.5 Å². The highest BCUT2D eigenvalue weighted by Gasteiger charge is 2.25. The third kappa shape index (κ3) is 2.05. The van der Waals surface area contributed by atoms with Crippen molar-refractivity contribution in [1.29, 1.82) is 0 Å². The number of carbonyl (C=O) groups is 1. The van der Waals surface area contributed by atoms with Crippen molar-refractivity contribution in [2.75, 3.05) is 0 Å². The molecule has 1 nitrogen and oxygen atoms in total. The summed E-state index contributed by atoms with van der Waals surface area (Å²) in [5.41, 5.74) is 2.77. The number of rotatable bonds is 1. The molecule has 0 radical (unpaired) electrons. The molecule has 0 saturated heterocycles. The molecule has 15 heavy (non-hydrogen) atoms. The van der Waals surface area contributed by atoms with E-state index in [1.54, 1.807) is 0 Å². The third-order valence-corrected chi connectivity index (χ3v) is 5.21. The third-order valence-electron chi connectivity index (χ3n) is 3.13.